The van der Waals surface area contributed by atoms with Crippen LogP contribution < -0.4 is 5.32 Å². The van der Waals surface area contributed by atoms with Gasteiger partial charge in [0.15, 0.2) is 0 Å². The van der Waals surface area contributed by atoms with E-state index in [-0.39, 0.29) is 0 Å². The Morgan fingerprint density at radius 1 is 1.30 bits per heavy atom. The third kappa shape index (κ3) is 2.91. The largest absolute Gasteiger partial charge is 0.310 e. The van der Waals surface area contributed by atoms with Gasteiger partial charge in [-0.2, -0.15) is 5.10 Å². The van der Waals surface area contributed by atoms with Gasteiger partial charge in [-0.1, -0.05) is 25.1 Å². The van der Waals surface area contributed by atoms with Crippen molar-refractivity contribution in [3.8, 4) is 5.69 Å². The van der Waals surface area contributed by atoms with Crippen molar-refractivity contribution in [1.29, 1.82) is 0 Å². The third-order valence-corrected chi connectivity index (χ3v) is 4.55. The molecule has 3 nitrogen and oxygen atoms in total. The fourth-order valence-electron chi connectivity index (χ4n) is 2.30. The maximum Gasteiger partial charge on any atom is 0.105 e. The zero-order valence-electron chi connectivity index (χ0n) is 12.1. The van der Waals surface area contributed by atoms with Crippen LogP contribution in [0.2, 0.25) is 0 Å². The van der Waals surface area contributed by atoms with Gasteiger partial charge in [0.1, 0.15) is 5.03 Å². The zero-order chi connectivity index (χ0) is 13.9. The summed E-state index contributed by atoms with van der Waals surface area (Å²) >= 11 is 1.88. The Balaban J connectivity index is 1.94. The molecule has 20 heavy (non-hydrogen) atoms. The normalized spacial score (nSPS) is 14.7. The van der Waals surface area contributed by atoms with Crippen molar-refractivity contribution in [1.82, 2.24) is 15.1 Å². The van der Waals surface area contributed by atoms with E-state index in [0.29, 0.717) is 0 Å². The summed E-state index contributed by atoms with van der Waals surface area (Å²) in [5.41, 5.74) is 3.63. The van der Waals surface area contributed by atoms with E-state index in [9.17, 15) is 0 Å². The fourth-order valence-corrected chi connectivity index (χ4v) is 3.24. The molecule has 1 aromatic carbocycles. The van der Waals surface area contributed by atoms with Crippen molar-refractivity contribution < 1.29 is 0 Å². The van der Waals surface area contributed by atoms with E-state index in [4.69, 9.17) is 5.10 Å². The van der Waals surface area contributed by atoms with Gasteiger partial charge in [-0.3, -0.25) is 0 Å². The summed E-state index contributed by atoms with van der Waals surface area (Å²) in [6.07, 6.45) is 2.64. The highest BCUT2D eigenvalue weighted by atomic mass is 32.2. The van der Waals surface area contributed by atoms with Gasteiger partial charge >= 0.3 is 0 Å². The molecule has 4 heteroatoms. The maximum atomic E-state index is 4.75. The summed E-state index contributed by atoms with van der Waals surface area (Å²) < 4.78 is 2.09. The molecule has 0 radical (unpaired) electrons. The molecule has 106 valence electrons. The highest BCUT2D eigenvalue weighted by Gasteiger charge is 2.23. The quantitative estimate of drug-likeness (QED) is 0.824. The minimum atomic E-state index is 0.731. The van der Waals surface area contributed by atoms with E-state index in [2.05, 4.69) is 48.1 Å². The summed E-state index contributed by atoms with van der Waals surface area (Å²) in [6.45, 7) is 5.25. The van der Waals surface area contributed by atoms with Crippen molar-refractivity contribution in [2.24, 2.45) is 0 Å². The van der Waals surface area contributed by atoms with Gasteiger partial charge in [-0.15, -0.1) is 11.8 Å². The minimum Gasteiger partial charge on any atom is -0.310 e. The lowest BCUT2D eigenvalue weighted by Crippen LogP contribution is -2.16. The molecule has 1 N–H and O–H groups in total. The first kappa shape index (κ1) is 13.7. The first-order chi connectivity index (χ1) is 9.79. The molecule has 0 aliphatic heterocycles. The number of benzene rings is 1. The van der Waals surface area contributed by atoms with Gasteiger partial charge in [-0.25, -0.2) is 4.68 Å². The van der Waals surface area contributed by atoms with Gasteiger partial charge in [0.25, 0.3) is 0 Å². The topological polar surface area (TPSA) is 29.9 Å². The van der Waals surface area contributed by atoms with E-state index in [1.807, 2.05) is 17.8 Å². The predicted octanol–water partition coefficient (Wildman–Crippen LogP) is 3.54. The molecule has 1 fully saturated rings. The second kappa shape index (κ2) is 6.02. The molecule has 2 aromatic rings. The number of hydrogen-bond donors (Lipinski definition) is 1. The summed E-state index contributed by atoms with van der Waals surface area (Å²) in [7, 11) is 0. The molecule has 0 spiro atoms. The molecule has 3 rings (SSSR count). The summed E-state index contributed by atoms with van der Waals surface area (Å²) in [5, 5.41) is 9.65. The standard InChI is InChI=1S/C16H21N3S/c1-3-20-16-15(11-17-13-9-10-13)12(2)18-19(16)14-7-5-4-6-8-14/h4-8,13,17H,3,9-11H2,1-2H3. The summed E-state index contributed by atoms with van der Waals surface area (Å²) in [5.74, 6) is 1.06. The number of aryl methyl sites for hydroxylation is 1. The molecule has 1 saturated carbocycles. The Bertz CT molecular complexity index is 573. The maximum absolute atomic E-state index is 4.75. The van der Waals surface area contributed by atoms with Crippen LogP contribution in [0.25, 0.3) is 5.69 Å². The van der Waals surface area contributed by atoms with Crippen molar-refractivity contribution in [3.05, 3.63) is 41.6 Å². The average Bonchev–Trinajstić information content (AvgIpc) is 3.24. The van der Waals surface area contributed by atoms with Crippen molar-refractivity contribution in [2.45, 2.75) is 44.3 Å². The van der Waals surface area contributed by atoms with E-state index < -0.39 is 0 Å². The molecule has 1 aromatic heterocycles. The third-order valence-electron chi connectivity index (χ3n) is 3.56. The van der Waals surface area contributed by atoms with E-state index in [1.54, 1.807) is 0 Å². The molecule has 0 bridgehead atoms. The number of nitrogens with one attached hydrogen (secondary N) is 1. The molecule has 1 aliphatic carbocycles. The number of para-hydroxylation sites is 1. The van der Waals surface area contributed by atoms with Crippen LogP contribution in [0.4, 0.5) is 0 Å². The van der Waals surface area contributed by atoms with Crippen LogP contribution in [0.3, 0.4) is 0 Å². The van der Waals surface area contributed by atoms with E-state index >= 15 is 0 Å². The number of aromatic nitrogens is 2. The van der Waals surface area contributed by atoms with Gasteiger partial charge < -0.3 is 5.32 Å². The lowest BCUT2D eigenvalue weighted by Gasteiger charge is -2.09. The van der Waals surface area contributed by atoms with Crippen LogP contribution in [0.5, 0.6) is 0 Å². The molecule has 0 saturated heterocycles. The number of rotatable bonds is 6. The lowest BCUT2D eigenvalue weighted by atomic mass is 10.2. The Labute approximate surface area is 124 Å². The monoisotopic (exact) mass is 287 g/mol. The molecule has 0 amide bonds. The van der Waals surface area contributed by atoms with Crippen LogP contribution >= 0.6 is 11.8 Å². The Hall–Kier alpha value is -1.26. The second-order valence-electron chi connectivity index (χ2n) is 5.20. The lowest BCUT2D eigenvalue weighted by molar-refractivity contribution is 0.674. The smallest absolute Gasteiger partial charge is 0.105 e. The Kier molecular flexibility index (Phi) is 4.13. The van der Waals surface area contributed by atoms with Gasteiger partial charge in [-0.05, 0) is 37.7 Å². The Morgan fingerprint density at radius 3 is 2.70 bits per heavy atom. The SMILES string of the molecule is CCSc1c(CNC2CC2)c(C)nn1-c1ccccc1. The summed E-state index contributed by atoms with van der Waals surface area (Å²) in [6, 6.07) is 11.1. The number of hydrogen-bond acceptors (Lipinski definition) is 3. The highest BCUT2D eigenvalue weighted by molar-refractivity contribution is 7.99. The van der Waals surface area contributed by atoms with Crippen molar-refractivity contribution >= 4 is 11.8 Å². The van der Waals surface area contributed by atoms with E-state index in [0.717, 1.165) is 29.7 Å². The average molecular weight is 287 g/mol. The van der Waals surface area contributed by atoms with Crippen LogP contribution in [0, 0.1) is 6.92 Å². The van der Waals surface area contributed by atoms with Gasteiger partial charge in [0.05, 0.1) is 11.4 Å². The summed E-state index contributed by atoms with van der Waals surface area (Å²) in [4.78, 5) is 0. The van der Waals surface area contributed by atoms with Gasteiger partial charge in [0, 0.05) is 18.2 Å². The van der Waals surface area contributed by atoms with Crippen LogP contribution in [0.1, 0.15) is 31.0 Å². The molecule has 1 aliphatic rings. The minimum absolute atomic E-state index is 0.731. The first-order valence-corrected chi connectivity index (χ1v) is 8.28. The van der Waals surface area contributed by atoms with Crippen LogP contribution in [0.15, 0.2) is 35.4 Å². The first-order valence-electron chi connectivity index (χ1n) is 7.29. The molecular weight excluding hydrogens is 266 g/mol. The zero-order valence-corrected chi connectivity index (χ0v) is 12.9. The van der Waals surface area contributed by atoms with Gasteiger partial charge in [0.2, 0.25) is 0 Å². The predicted molar refractivity (Wildman–Crippen MR) is 84.6 cm³/mol. The number of thioether (sulfide) groups is 1. The molecule has 1 heterocycles. The van der Waals surface area contributed by atoms with Crippen LogP contribution in [-0.2, 0) is 6.54 Å². The van der Waals surface area contributed by atoms with Crippen molar-refractivity contribution in [3.63, 3.8) is 0 Å². The highest BCUT2D eigenvalue weighted by Crippen LogP contribution is 2.29. The van der Waals surface area contributed by atoms with Crippen LogP contribution in [-0.4, -0.2) is 21.6 Å². The second-order valence-corrected chi connectivity index (χ2v) is 6.46. The fraction of sp³-hybridized carbons (Fsp3) is 0.438. The molecular formula is C16H21N3S. The van der Waals surface area contributed by atoms with E-state index in [1.165, 1.54) is 23.4 Å². The number of nitrogens with zero attached hydrogens (tertiary/aromatic N) is 2. The Morgan fingerprint density at radius 2 is 2.05 bits per heavy atom. The van der Waals surface area contributed by atoms with Crippen molar-refractivity contribution in [2.75, 3.05) is 5.75 Å². The molecule has 0 unspecified atom stereocenters. The molecule has 0 atom stereocenters.